The molecule has 0 radical (unpaired) electrons. The fourth-order valence-corrected chi connectivity index (χ4v) is 5.38. The van der Waals surface area contributed by atoms with E-state index in [0.29, 0.717) is 11.1 Å². The molecule has 2 amide bonds. The van der Waals surface area contributed by atoms with Gasteiger partial charge in [0.25, 0.3) is 0 Å². The van der Waals surface area contributed by atoms with E-state index in [4.69, 9.17) is 33.7 Å². The zero-order valence-corrected chi connectivity index (χ0v) is 21.7. The Labute approximate surface area is 221 Å². The molecule has 2 aliphatic rings. The third-order valence-electron chi connectivity index (χ3n) is 6.54. The molecule has 0 saturated carbocycles. The number of nitrogens with one attached hydrogen (secondary N) is 1. The summed E-state index contributed by atoms with van der Waals surface area (Å²) < 4.78 is 19.8. The number of nitrogens with two attached hydrogens (primary N) is 1. The number of benzene rings is 1. The summed E-state index contributed by atoms with van der Waals surface area (Å²) in [5.74, 6) is 5.77. The minimum atomic E-state index is -0.679. The maximum atomic E-state index is 13.9. The quantitative estimate of drug-likeness (QED) is 0.408. The summed E-state index contributed by atoms with van der Waals surface area (Å²) in [6.45, 7) is 5.87. The molecule has 0 spiro atoms. The molecule has 2 saturated heterocycles. The van der Waals surface area contributed by atoms with Gasteiger partial charge in [0.15, 0.2) is 11.6 Å². The number of urea groups is 1. The number of aromatic nitrogens is 1. The predicted molar refractivity (Wildman–Crippen MR) is 140 cm³/mol. The van der Waals surface area contributed by atoms with Crippen LogP contribution in [-0.4, -0.2) is 59.6 Å². The van der Waals surface area contributed by atoms with Crippen LogP contribution in [0.5, 0.6) is 5.75 Å². The second-order valence-corrected chi connectivity index (χ2v) is 9.87. The van der Waals surface area contributed by atoms with Crippen molar-refractivity contribution >= 4 is 35.1 Å². The van der Waals surface area contributed by atoms with Gasteiger partial charge >= 0.3 is 6.03 Å². The maximum Gasteiger partial charge on any atom is 0.318 e. The number of nitrogens with zero attached hydrogens (tertiary/aromatic N) is 3. The lowest BCUT2D eigenvalue weighted by molar-refractivity contribution is 0.176. The molecular weight excluding hydrogens is 504 g/mol. The number of anilines is 1. The van der Waals surface area contributed by atoms with Crippen LogP contribution in [0.1, 0.15) is 49.8 Å². The van der Waals surface area contributed by atoms with E-state index in [2.05, 4.69) is 27.0 Å². The SMILES string of the molecule is C[C@H](Oc1cc(C#CCNC(=O)N2CCCC2CN2CCCC2)cnc1N)c1c(Cl)ccc(F)c1Cl. The molecule has 1 unspecified atom stereocenters. The smallest absolute Gasteiger partial charge is 0.318 e. The van der Waals surface area contributed by atoms with Crippen LogP contribution in [0.25, 0.3) is 0 Å². The van der Waals surface area contributed by atoms with Crippen LogP contribution in [0.3, 0.4) is 0 Å². The van der Waals surface area contributed by atoms with Gasteiger partial charge in [0.1, 0.15) is 11.9 Å². The van der Waals surface area contributed by atoms with Crippen molar-refractivity contribution in [1.82, 2.24) is 20.1 Å². The summed E-state index contributed by atoms with van der Waals surface area (Å²) in [5, 5.41) is 3.08. The number of halogens is 3. The average Bonchev–Trinajstić information content (AvgIpc) is 3.54. The lowest BCUT2D eigenvalue weighted by Gasteiger charge is -2.28. The average molecular weight is 534 g/mol. The molecule has 36 heavy (non-hydrogen) atoms. The first kappa shape index (κ1) is 26.3. The van der Waals surface area contributed by atoms with Crippen LogP contribution >= 0.6 is 23.2 Å². The molecule has 0 bridgehead atoms. The molecule has 3 heterocycles. The van der Waals surface area contributed by atoms with Crippen molar-refractivity contribution in [3.05, 3.63) is 51.4 Å². The molecule has 2 atom stereocenters. The maximum absolute atomic E-state index is 13.9. The van der Waals surface area contributed by atoms with Gasteiger partial charge in [0.2, 0.25) is 0 Å². The van der Waals surface area contributed by atoms with Crippen molar-refractivity contribution in [3.63, 3.8) is 0 Å². The van der Waals surface area contributed by atoms with E-state index in [-0.39, 0.29) is 40.2 Å². The second-order valence-electron chi connectivity index (χ2n) is 9.08. The number of pyridine rings is 1. The minimum absolute atomic E-state index is 0.0804. The van der Waals surface area contributed by atoms with E-state index >= 15 is 0 Å². The number of likely N-dealkylation sites (tertiary alicyclic amines) is 2. The van der Waals surface area contributed by atoms with Gasteiger partial charge in [-0.1, -0.05) is 35.0 Å². The largest absolute Gasteiger partial charge is 0.482 e. The van der Waals surface area contributed by atoms with Crippen molar-refractivity contribution < 1.29 is 13.9 Å². The highest BCUT2D eigenvalue weighted by atomic mass is 35.5. The van der Waals surface area contributed by atoms with Crippen LogP contribution in [0.2, 0.25) is 10.0 Å². The molecule has 10 heteroatoms. The molecular formula is C26H30Cl2FN5O2. The van der Waals surface area contributed by atoms with Crippen molar-refractivity contribution in [2.45, 2.75) is 44.8 Å². The monoisotopic (exact) mass is 533 g/mol. The van der Waals surface area contributed by atoms with Gasteiger partial charge in [-0.3, -0.25) is 0 Å². The highest BCUT2D eigenvalue weighted by Gasteiger charge is 2.30. The van der Waals surface area contributed by atoms with Gasteiger partial charge < -0.3 is 25.6 Å². The molecule has 7 nitrogen and oxygen atoms in total. The molecule has 1 aromatic carbocycles. The van der Waals surface area contributed by atoms with Crippen molar-refractivity contribution in [2.75, 3.05) is 38.5 Å². The van der Waals surface area contributed by atoms with E-state index in [0.717, 1.165) is 39.0 Å². The lowest BCUT2D eigenvalue weighted by Crippen LogP contribution is -2.47. The Bertz CT molecular complexity index is 1160. The number of nitrogen functional groups attached to an aromatic ring is 1. The number of hydrogen-bond donors (Lipinski definition) is 2. The summed E-state index contributed by atoms with van der Waals surface area (Å²) in [4.78, 5) is 21.2. The Hall–Kier alpha value is -2.73. The van der Waals surface area contributed by atoms with Gasteiger partial charge in [-0.25, -0.2) is 14.2 Å². The summed E-state index contributed by atoms with van der Waals surface area (Å²) in [7, 11) is 0. The van der Waals surface area contributed by atoms with Crippen LogP contribution < -0.4 is 15.8 Å². The highest BCUT2D eigenvalue weighted by molar-refractivity contribution is 6.36. The second kappa shape index (κ2) is 12.0. The third kappa shape index (κ3) is 6.33. The summed E-state index contributed by atoms with van der Waals surface area (Å²) in [6, 6.07) is 4.44. The fourth-order valence-electron chi connectivity index (χ4n) is 4.71. The predicted octanol–water partition coefficient (Wildman–Crippen LogP) is 4.87. The Morgan fingerprint density at radius 2 is 2.08 bits per heavy atom. The number of carbonyl (C=O) groups is 1. The normalized spacial score (nSPS) is 18.6. The zero-order chi connectivity index (χ0) is 25.7. The van der Waals surface area contributed by atoms with E-state index in [1.165, 1.54) is 31.2 Å². The Morgan fingerprint density at radius 1 is 1.31 bits per heavy atom. The van der Waals surface area contributed by atoms with Gasteiger partial charge in [-0.05, 0) is 57.8 Å². The standard InChI is InChI=1S/C26H30Cl2FN5O2/c1-17(23-20(27)8-9-21(29)24(23)28)36-22-14-18(15-32-25(22)30)6-4-10-31-26(35)34-13-5-7-19(34)16-33-11-2-3-12-33/h8-9,14-15,17,19H,2-3,5,7,10-13,16H2,1H3,(H2,30,32)(H,31,35)/t17-,19?/m0/s1. The van der Waals surface area contributed by atoms with Crippen molar-refractivity contribution in [2.24, 2.45) is 0 Å². The van der Waals surface area contributed by atoms with E-state index in [1.54, 1.807) is 13.0 Å². The summed E-state index contributed by atoms with van der Waals surface area (Å²) >= 11 is 12.3. The first-order valence-corrected chi connectivity index (χ1v) is 12.9. The number of hydrogen-bond acceptors (Lipinski definition) is 5. The Kier molecular flexibility index (Phi) is 8.78. The molecule has 192 valence electrons. The lowest BCUT2D eigenvalue weighted by atomic mass is 10.1. The summed E-state index contributed by atoms with van der Waals surface area (Å²) in [5.41, 5.74) is 6.85. The van der Waals surface area contributed by atoms with Crippen molar-refractivity contribution in [1.29, 1.82) is 0 Å². The first-order chi connectivity index (χ1) is 17.3. The Balaban J connectivity index is 1.34. The van der Waals surface area contributed by atoms with Gasteiger partial charge in [0, 0.05) is 47.5 Å². The van der Waals surface area contributed by atoms with Crippen LogP contribution in [-0.2, 0) is 0 Å². The molecule has 2 aliphatic heterocycles. The van der Waals surface area contributed by atoms with Crippen LogP contribution in [0, 0.1) is 17.7 Å². The molecule has 0 aliphatic carbocycles. The van der Waals surface area contributed by atoms with Crippen LogP contribution in [0.4, 0.5) is 15.0 Å². The van der Waals surface area contributed by atoms with E-state index in [9.17, 15) is 9.18 Å². The fraction of sp³-hybridized carbons (Fsp3) is 0.462. The third-order valence-corrected chi connectivity index (χ3v) is 7.25. The highest BCUT2D eigenvalue weighted by Crippen LogP contribution is 2.36. The molecule has 1 aromatic heterocycles. The zero-order valence-electron chi connectivity index (χ0n) is 20.2. The number of carbonyl (C=O) groups excluding carboxylic acids is 1. The molecule has 2 fully saturated rings. The summed E-state index contributed by atoms with van der Waals surface area (Å²) in [6.07, 6.45) is 5.40. The molecule has 2 aromatic rings. The van der Waals surface area contributed by atoms with Gasteiger partial charge in [-0.2, -0.15) is 0 Å². The first-order valence-electron chi connectivity index (χ1n) is 12.1. The Morgan fingerprint density at radius 3 is 2.86 bits per heavy atom. The van der Waals surface area contributed by atoms with E-state index < -0.39 is 11.9 Å². The number of rotatable bonds is 6. The number of ether oxygens (including phenoxy) is 1. The van der Waals surface area contributed by atoms with Gasteiger partial charge in [0.05, 0.1) is 11.6 Å². The molecule has 3 N–H and O–H groups in total. The minimum Gasteiger partial charge on any atom is -0.482 e. The van der Waals surface area contributed by atoms with Gasteiger partial charge in [-0.15, -0.1) is 0 Å². The number of amides is 2. The topological polar surface area (TPSA) is 83.7 Å². The van der Waals surface area contributed by atoms with Crippen LogP contribution in [0.15, 0.2) is 24.4 Å². The molecule has 4 rings (SSSR count). The van der Waals surface area contributed by atoms with Crippen molar-refractivity contribution in [3.8, 4) is 17.6 Å². The van der Waals surface area contributed by atoms with E-state index in [1.807, 2.05) is 4.90 Å².